The highest BCUT2D eigenvalue weighted by atomic mass is 32.1. The van der Waals surface area contributed by atoms with E-state index in [9.17, 15) is 14.4 Å². The van der Waals surface area contributed by atoms with E-state index in [1.165, 1.54) is 11.3 Å². The Morgan fingerprint density at radius 1 is 1.24 bits per heavy atom. The van der Waals surface area contributed by atoms with Crippen molar-refractivity contribution in [3.63, 3.8) is 0 Å². The van der Waals surface area contributed by atoms with Gasteiger partial charge in [0.05, 0.1) is 0 Å². The van der Waals surface area contributed by atoms with Crippen LogP contribution in [-0.2, 0) is 20.9 Å². The second-order valence-corrected chi connectivity index (χ2v) is 7.22. The van der Waals surface area contributed by atoms with Crippen LogP contribution < -0.4 is 4.90 Å². The van der Waals surface area contributed by atoms with Gasteiger partial charge in [-0.05, 0) is 35.2 Å². The van der Waals surface area contributed by atoms with Gasteiger partial charge in [0.25, 0.3) is 0 Å². The zero-order valence-electron chi connectivity index (χ0n) is 15.4. The maximum absolute atomic E-state index is 12.4. The lowest BCUT2D eigenvalue weighted by molar-refractivity contribution is -0.143. The van der Waals surface area contributed by atoms with Crippen LogP contribution >= 0.6 is 11.3 Å². The molecule has 0 aliphatic carbocycles. The first-order chi connectivity index (χ1) is 14.1. The summed E-state index contributed by atoms with van der Waals surface area (Å²) in [5.41, 5.74) is 1.88. The van der Waals surface area contributed by atoms with Gasteiger partial charge in [-0.2, -0.15) is 16.1 Å². The van der Waals surface area contributed by atoms with E-state index in [1.807, 2.05) is 16.8 Å². The Balaban J connectivity index is 1.32. The normalized spacial score (nSPS) is 13.7. The van der Waals surface area contributed by atoms with Gasteiger partial charge < -0.3 is 9.64 Å². The molecule has 1 aliphatic heterocycles. The zero-order chi connectivity index (χ0) is 20.2. The van der Waals surface area contributed by atoms with E-state index in [0.29, 0.717) is 30.0 Å². The molecule has 148 valence electrons. The van der Waals surface area contributed by atoms with Gasteiger partial charge in [0.15, 0.2) is 18.9 Å². The summed E-state index contributed by atoms with van der Waals surface area (Å²) >= 11 is 1.51. The summed E-state index contributed by atoms with van der Waals surface area (Å²) in [4.78, 5) is 39.0. The molecule has 0 spiro atoms. The Hall–Kier alpha value is -3.40. The first-order valence-electron chi connectivity index (χ1n) is 9.00. The van der Waals surface area contributed by atoms with E-state index in [2.05, 4.69) is 15.4 Å². The van der Waals surface area contributed by atoms with Crippen molar-refractivity contribution in [1.82, 2.24) is 20.2 Å². The Morgan fingerprint density at radius 3 is 2.90 bits per heavy atom. The van der Waals surface area contributed by atoms with E-state index in [0.717, 1.165) is 16.8 Å². The number of rotatable bonds is 7. The average Bonchev–Trinajstić information content (AvgIpc) is 3.48. The number of Topliss-reactive ketones (excluding diaryl/α,β-unsaturated/α-hetero) is 1. The summed E-state index contributed by atoms with van der Waals surface area (Å²) in [6.45, 7) is -0.00120. The molecule has 4 rings (SSSR count). The Kier molecular flexibility index (Phi) is 5.43. The number of carbonyl (C=O) groups is 3. The van der Waals surface area contributed by atoms with Crippen LogP contribution in [0.5, 0.6) is 0 Å². The molecule has 1 fully saturated rings. The third-order valence-electron chi connectivity index (χ3n) is 4.42. The smallest absolute Gasteiger partial charge is 0.330 e. The van der Waals surface area contributed by atoms with Crippen LogP contribution in [0.25, 0.3) is 11.4 Å². The summed E-state index contributed by atoms with van der Waals surface area (Å²) in [7, 11) is 0. The first-order valence-corrected chi connectivity index (χ1v) is 9.94. The van der Waals surface area contributed by atoms with Crippen molar-refractivity contribution in [3.8, 4) is 11.4 Å². The monoisotopic (exact) mass is 411 g/mol. The maximum atomic E-state index is 12.4. The second-order valence-electron chi connectivity index (χ2n) is 6.44. The summed E-state index contributed by atoms with van der Waals surface area (Å²) in [6.07, 6.45) is 1.32. The number of benzene rings is 1. The molecular weight excluding hydrogens is 394 g/mol. The molecule has 1 saturated heterocycles. The fourth-order valence-electron chi connectivity index (χ4n) is 2.98. The maximum Gasteiger partial charge on any atom is 0.330 e. The van der Waals surface area contributed by atoms with E-state index in [-0.39, 0.29) is 18.2 Å². The van der Waals surface area contributed by atoms with E-state index in [1.54, 1.807) is 29.2 Å². The van der Waals surface area contributed by atoms with Gasteiger partial charge in [0, 0.05) is 35.2 Å². The number of thiophene rings is 1. The van der Waals surface area contributed by atoms with Crippen molar-refractivity contribution < 1.29 is 19.1 Å². The highest BCUT2D eigenvalue weighted by Gasteiger charge is 2.22. The summed E-state index contributed by atoms with van der Waals surface area (Å²) in [5.74, 6) is -0.526. The lowest BCUT2D eigenvalue weighted by Gasteiger charge is -2.16. The standard InChI is InChI=1S/C19H17N5O4S/c25-16(13-3-1-4-15(9-13)23-7-2-5-17(23)26)11-28-18(27)10-24-21-19(20-22-24)14-6-8-29-12-14/h1,3-4,6,8-9,12H,2,5,7,10-11H2. The van der Waals surface area contributed by atoms with Crippen LogP contribution in [0.15, 0.2) is 41.1 Å². The molecule has 0 radical (unpaired) electrons. The van der Waals surface area contributed by atoms with Crippen molar-refractivity contribution in [2.45, 2.75) is 19.4 Å². The Labute approximate surface area is 169 Å². The molecular formula is C19H17N5O4S. The van der Waals surface area contributed by atoms with Gasteiger partial charge in [-0.3, -0.25) is 9.59 Å². The molecule has 3 aromatic rings. The third kappa shape index (κ3) is 4.37. The summed E-state index contributed by atoms with van der Waals surface area (Å²) < 4.78 is 5.05. The molecule has 0 bridgehead atoms. The van der Waals surface area contributed by atoms with Crippen LogP contribution in [0.1, 0.15) is 23.2 Å². The van der Waals surface area contributed by atoms with Gasteiger partial charge in [0.1, 0.15) is 0 Å². The molecule has 1 aromatic carbocycles. The quantitative estimate of drug-likeness (QED) is 0.432. The minimum absolute atomic E-state index is 0.0446. The number of ketones is 1. The number of hydrogen-bond donors (Lipinski definition) is 0. The minimum atomic E-state index is -0.640. The molecule has 0 unspecified atom stereocenters. The topological polar surface area (TPSA) is 107 Å². The number of carbonyl (C=O) groups excluding carboxylic acids is 3. The molecule has 1 aliphatic rings. The van der Waals surface area contributed by atoms with Gasteiger partial charge in [-0.15, -0.1) is 10.2 Å². The molecule has 10 heteroatoms. The number of nitrogens with zero attached hydrogens (tertiary/aromatic N) is 5. The second kappa shape index (κ2) is 8.31. The highest BCUT2D eigenvalue weighted by molar-refractivity contribution is 7.08. The average molecular weight is 411 g/mol. The van der Waals surface area contributed by atoms with E-state index < -0.39 is 12.6 Å². The highest BCUT2D eigenvalue weighted by Crippen LogP contribution is 2.22. The fraction of sp³-hybridized carbons (Fsp3) is 0.263. The number of esters is 1. The number of aromatic nitrogens is 4. The Bertz CT molecular complexity index is 1050. The largest absolute Gasteiger partial charge is 0.456 e. The predicted octanol–water partition coefficient (Wildman–Crippen LogP) is 1.95. The Morgan fingerprint density at radius 2 is 2.14 bits per heavy atom. The summed E-state index contributed by atoms with van der Waals surface area (Å²) in [6, 6.07) is 8.62. The molecule has 2 aromatic heterocycles. The molecule has 9 nitrogen and oxygen atoms in total. The van der Waals surface area contributed by atoms with Gasteiger partial charge in [-0.25, -0.2) is 4.79 Å². The summed E-state index contributed by atoms with van der Waals surface area (Å²) in [5, 5.41) is 15.6. The minimum Gasteiger partial charge on any atom is -0.456 e. The van der Waals surface area contributed by atoms with Crippen LogP contribution in [0.2, 0.25) is 0 Å². The number of hydrogen-bond acceptors (Lipinski definition) is 8. The van der Waals surface area contributed by atoms with Crippen molar-refractivity contribution in [2.24, 2.45) is 0 Å². The predicted molar refractivity (Wildman–Crippen MR) is 104 cm³/mol. The number of ether oxygens (including phenoxy) is 1. The van der Waals surface area contributed by atoms with Gasteiger partial charge >= 0.3 is 5.97 Å². The fourth-order valence-corrected chi connectivity index (χ4v) is 3.61. The van der Waals surface area contributed by atoms with Crippen LogP contribution in [-0.4, -0.2) is 51.0 Å². The zero-order valence-corrected chi connectivity index (χ0v) is 16.2. The van der Waals surface area contributed by atoms with Crippen LogP contribution in [0.3, 0.4) is 0 Å². The molecule has 0 saturated carbocycles. The van der Waals surface area contributed by atoms with Crippen molar-refractivity contribution in [1.29, 1.82) is 0 Å². The molecule has 1 amide bonds. The molecule has 0 atom stereocenters. The van der Waals surface area contributed by atoms with Gasteiger partial charge in [-0.1, -0.05) is 12.1 Å². The lowest BCUT2D eigenvalue weighted by atomic mass is 10.1. The number of amides is 1. The molecule has 0 N–H and O–H groups in total. The molecule has 3 heterocycles. The van der Waals surface area contributed by atoms with Crippen molar-refractivity contribution >= 4 is 34.7 Å². The SMILES string of the molecule is O=C(Cn1nnc(-c2ccsc2)n1)OCC(=O)c1cccc(N2CCCC2=O)c1. The van der Waals surface area contributed by atoms with E-state index in [4.69, 9.17) is 4.74 Å². The number of anilines is 1. The third-order valence-corrected chi connectivity index (χ3v) is 5.10. The first kappa shape index (κ1) is 18.9. The van der Waals surface area contributed by atoms with Crippen molar-refractivity contribution in [3.05, 3.63) is 46.7 Å². The lowest BCUT2D eigenvalue weighted by Crippen LogP contribution is -2.24. The molecule has 29 heavy (non-hydrogen) atoms. The van der Waals surface area contributed by atoms with E-state index >= 15 is 0 Å². The van der Waals surface area contributed by atoms with Gasteiger partial charge in [0.2, 0.25) is 11.7 Å². The number of tetrazole rings is 1. The van der Waals surface area contributed by atoms with Crippen LogP contribution in [0.4, 0.5) is 5.69 Å². The van der Waals surface area contributed by atoms with Crippen molar-refractivity contribution in [2.75, 3.05) is 18.1 Å². The van der Waals surface area contributed by atoms with Crippen LogP contribution in [0, 0.1) is 0 Å².